The maximum absolute atomic E-state index is 8.84. The van der Waals surface area contributed by atoms with Crippen molar-refractivity contribution < 1.29 is 0 Å². The average Bonchev–Trinajstić information content (AvgIpc) is 2.83. The summed E-state index contributed by atoms with van der Waals surface area (Å²) < 4.78 is 0.810. The highest BCUT2D eigenvalue weighted by Crippen LogP contribution is 2.26. The van der Waals surface area contributed by atoms with Gasteiger partial charge in [0.1, 0.15) is 0 Å². The zero-order chi connectivity index (χ0) is 13.0. The van der Waals surface area contributed by atoms with Gasteiger partial charge in [0.2, 0.25) is 0 Å². The SMILES string of the molecule is C[C@H](NCc1cccc(C#N)c1)c1ccc(Cl)s1. The first-order valence-corrected chi connectivity index (χ1v) is 6.86. The van der Waals surface area contributed by atoms with E-state index in [9.17, 15) is 0 Å². The second kappa shape index (κ2) is 6.01. The molecule has 1 atom stereocenters. The third kappa shape index (κ3) is 3.33. The topological polar surface area (TPSA) is 35.8 Å². The Balaban J connectivity index is 1.97. The Morgan fingerprint density at radius 1 is 1.39 bits per heavy atom. The van der Waals surface area contributed by atoms with Crippen molar-refractivity contribution >= 4 is 22.9 Å². The van der Waals surface area contributed by atoms with Crippen molar-refractivity contribution in [2.24, 2.45) is 0 Å². The van der Waals surface area contributed by atoms with Crippen LogP contribution in [-0.4, -0.2) is 0 Å². The van der Waals surface area contributed by atoms with Gasteiger partial charge < -0.3 is 5.32 Å². The van der Waals surface area contributed by atoms with Crippen molar-refractivity contribution in [3.63, 3.8) is 0 Å². The molecule has 0 unspecified atom stereocenters. The highest BCUT2D eigenvalue weighted by molar-refractivity contribution is 7.16. The molecule has 0 fully saturated rings. The van der Waals surface area contributed by atoms with Crippen LogP contribution in [0.4, 0.5) is 0 Å². The molecule has 0 saturated heterocycles. The van der Waals surface area contributed by atoms with Crippen LogP contribution in [0.1, 0.15) is 29.0 Å². The standard InChI is InChI=1S/C14H13ClN2S/c1-10(13-5-6-14(15)18-13)17-9-12-4-2-3-11(7-12)8-16/h2-7,10,17H,9H2,1H3/t10-/m0/s1. The minimum Gasteiger partial charge on any atom is -0.305 e. The van der Waals surface area contributed by atoms with E-state index in [1.165, 1.54) is 4.88 Å². The van der Waals surface area contributed by atoms with Crippen LogP contribution < -0.4 is 5.32 Å². The van der Waals surface area contributed by atoms with Crippen LogP contribution in [0, 0.1) is 11.3 Å². The molecule has 2 rings (SSSR count). The van der Waals surface area contributed by atoms with Gasteiger partial charge in [-0.25, -0.2) is 0 Å². The summed E-state index contributed by atoms with van der Waals surface area (Å²) in [5, 5.41) is 12.3. The van der Waals surface area contributed by atoms with Gasteiger partial charge in [-0.05, 0) is 36.8 Å². The Morgan fingerprint density at radius 3 is 2.89 bits per heavy atom. The number of nitrogens with zero attached hydrogens (tertiary/aromatic N) is 1. The summed E-state index contributed by atoms with van der Waals surface area (Å²) in [7, 11) is 0. The maximum atomic E-state index is 8.84. The largest absolute Gasteiger partial charge is 0.305 e. The third-order valence-electron chi connectivity index (χ3n) is 2.69. The molecule has 0 aliphatic carbocycles. The summed E-state index contributed by atoms with van der Waals surface area (Å²) in [5.74, 6) is 0. The number of thiophene rings is 1. The van der Waals surface area contributed by atoms with E-state index in [0.29, 0.717) is 5.56 Å². The van der Waals surface area contributed by atoms with Crippen LogP contribution in [0.25, 0.3) is 0 Å². The molecule has 1 N–H and O–H groups in total. The summed E-state index contributed by atoms with van der Waals surface area (Å²) in [6.07, 6.45) is 0. The fraction of sp³-hybridized carbons (Fsp3) is 0.214. The van der Waals surface area contributed by atoms with E-state index < -0.39 is 0 Å². The normalized spacial score (nSPS) is 12.1. The molecular weight excluding hydrogens is 264 g/mol. The van der Waals surface area contributed by atoms with Crippen LogP contribution in [-0.2, 0) is 6.54 Å². The summed E-state index contributed by atoms with van der Waals surface area (Å²) in [6.45, 7) is 2.85. The van der Waals surface area contributed by atoms with Crippen molar-refractivity contribution in [1.29, 1.82) is 5.26 Å². The summed E-state index contributed by atoms with van der Waals surface area (Å²) >= 11 is 7.51. The summed E-state index contributed by atoms with van der Waals surface area (Å²) in [5.41, 5.74) is 1.81. The number of rotatable bonds is 4. The van der Waals surface area contributed by atoms with Crippen LogP contribution in [0.3, 0.4) is 0 Å². The summed E-state index contributed by atoms with van der Waals surface area (Å²) in [6, 6.07) is 14.0. The van der Waals surface area contributed by atoms with E-state index in [2.05, 4.69) is 18.3 Å². The van der Waals surface area contributed by atoms with Gasteiger partial charge in [0, 0.05) is 17.5 Å². The fourth-order valence-electron chi connectivity index (χ4n) is 1.68. The van der Waals surface area contributed by atoms with Gasteiger partial charge in [-0.2, -0.15) is 5.26 Å². The van der Waals surface area contributed by atoms with Crippen LogP contribution in [0.2, 0.25) is 4.34 Å². The first kappa shape index (κ1) is 13.1. The molecule has 0 saturated carbocycles. The van der Waals surface area contributed by atoms with E-state index in [1.54, 1.807) is 11.3 Å². The minimum absolute atomic E-state index is 0.258. The molecule has 0 radical (unpaired) electrons. The smallest absolute Gasteiger partial charge is 0.0991 e. The Hall–Kier alpha value is -1.34. The molecule has 0 amide bonds. The Labute approximate surface area is 116 Å². The van der Waals surface area contributed by atoms with Crippen molar-refractivity contribution in [3.05, 3.63) is 56.7 Å². The lowest BCUT2D eigenvalue weighted by molar-refractivity contribution is 0.583. The lowest BCUT2D eigenvalue weighted by Gasteiger charge is -2.12. The van der Waals surface area contributed by atoms with E-state index in [1.807, 2.05) is 36.4 Å². The van der Waals surface area contributed by atoms with Gasteiger partial charge in [-0.3, -0.25) is 0 Å². The van der Waals surface area contributed by atoms with Crippen LogP contribution >= 0.6 is 22.9 Å². The quantitative estimate of drug-likeness (QED) is 0.912. The molecule has 2 aromatic rings. The number of benzene rings is 1. The zero-order valence-corrected chi connectivity index (χ0v) is 11.6. The number of hydrogen-bond acceptors (Lipinski definition) is 3. The minimum atomic E-state index is 0.258. The summed E-state index contributed by atoms with van der Waals surface area (Å²) in [4.78, 5) is 1.22. The monoisotopic (exact) mass is 276 g/mol. The number of hydrogen-bond donors (Lipinski definition) is 1. The van der Waals surface area contributed by atoms with E-state index in [4.69, 9.17) is 16.9 Å². The number of nitrogens with one attached hydrogen (secondary N) is 1. The molecule has 18 heavy (non-hydrogen) atoms. The van der Waals surface area contributed by atoms with Crippen LogP contribution in [0.5, 0.6) is 0 Å². The van der Waals surface area contributed by atoms with Crippen molar-refractivity contribution in [2.75, 3.05) is 0 Å². The molecule has 1 aromatic carbocycles. The highest BCUT2D eigenvalue weighted by Gasteiger charge is 2.07. The average molecular weight is 277 g/mol. The first-order chi connectivity index (χ1) is 8.69. The van der Waals surface area contributed by atoms with Crippen molar-refractivity contribution in [2.45, 2.75) is 19.5 Å². The van der Waals surface area contributed by atoms with E-state index in [0.717, 1.165) is 16.4 Å². The Kier molecular flexibility index (Phi) is 4.38. The second-order valence-corrected chi connectivity index (χ2v) is 5.80. The molecule has 0 bridgehead atoms. The third-order valence-corrected chi connectivity index (χ3v) is 4.10. The van der Waals surface area contributed by atoms with Gasteiger partial charge in [0.25, 0.3) is 0 Å². The van der Waals surface area contributed by atoms with Crippen molar-refractivity contribution in [1.82, 2.24) is 5.32 Å². The molecule has 1 heterocycles. The second-order valence-electron chi connectivity index (χ2n) is 4.06. The molecule has 92 valence electrons. The predicted molar refractivity (Wildman–Crippen MR) is 75.7 cm³/mol. The zero-order valence-electron chi connectivity index (χ0n) is 9.98. The number of nitriles is 1. The van der Waals surface area contributed by atoms with Gasteiger partial charge in [0.05, 0.1) is 16.0 Å². The Morgan fingerprint density at radius 2 is 2.22 bits per heavy atom. The van der Waals surface area contributed by atoms with Gasteiger partial charge >= 0.3 is 0 Å². The molecule has 0 aliphatic heterocycles. The molecule has 0 spiro atoms. The van der Waals surface area contributed by atoms with Crippen LogP contribution in [0.15, 0.2) is 36.4 Å². The lowest BCUT2D eigenvalue weighted by atomic mass is 10.1. The van der Waals surface area contributed by atoms with Gasteiger partial charge in [0.15, 0.2) is 0 Å². The van der Waals surface area contributed by atoms with Gasteiger partial charge in [-0.15, -0.1) is 11.3 Å². The number of halogens is 1. The fourth-order valence-corrected chi connectivity index (χ4v) is 2.77. The molecular formula is C14H13ClN2S. The maximum Gasteiger partial charge on any atom is 0.0991 e. The molecule has 1 aromatic heterocycles. The Bertz CT molecular complexity index is 571. The molecule has 4 heteroatoms. The van der Waals surface area contributed by atoms with Crippen molar-refractivity contribution in [3.8, 4) is 6.07 Å². The predicted octanol–water partition coefficient (Wildman–Crippen LogP) is 4.12. The molecule has 0 aliphatic rings. The lowest BCUT2D eigenvalue weighted by Crippen LogP contribution is -2.17. The van der Waals surface area contributed by atoms with E-state index in [-0.39, 0.29) is 6.04 Å². The molecule has 2 nitrogen and oxygen atoms in total. The first-order valence-electron chi connectivity index (χ1n) is 5.66. The van der Waals surface area contributed by atoms with E-state index >= 15 is 0 Å². The highest BCUT2D eigenvalue weighted by atomic mass is 35.5. The van der Waals surface area contributed by atoms with Gasteiger partial charge in [-0.1, -0.05) is 23.7 Å².